The van der Waals surface area contributed by atoms with Crippen molar-refractivity contribution in [2.24, 2.45) is 10.8 Å². The molecule has 0 aliphatic rings. The lowest BCUT2D eigenvalue weighted by atomic mass is 10.2. The maximum Gasteiger partial charge on any atom is 0.224 e. The monoisotopic (exact) mass is 299 g/mol. The molecule has 9 heteroatoms. The van der Waals surface area contributed by atoms with Gasteiger partial charge in [-0.3, -0.25) is 0 Å². The molecule has 0 unspecified atom stereocenters. The molecule has 98 valence electrons. The quantitative estimate of drug-likeness (QED) is 0.411. The highest BCUT2D eigenvalue weighted by Gasteiger charge is 2.12. The lowest BCUT2D eigenvalue weighted by Gasteiger charge is -1.95. The molecule has 19 heavy (non-hydrogen) atoms. The van der Waals surface area contributed by atoms with E-state index in [9.17, 15) is 0 Å². The number of anilines is 1. The molecule has 0 atom stereocenters. The molecule has 0 fully saturated rings. The van der Waals surface area contributed by atoms with Crippen molar-refractivity contribution in [1.29, 1.82) is 0 Å². The van der Waals surface area contributed by atoms with E-state index in [1.165, 1.54) is 6.21 Å². The molecule has 2 rings (SSSR count). The number of hydrogen-bond donors (Lipinski definition) is 3. The number of nitrogen functional groups attached to an aromatic ring is 1. The molecule has 0 saturated heterocycles. The van der Waals surface area contributed by atoms with Gasteiger partial charge in [-0.25, -0.2) is 4.63 Å². The molecule has 0 radical (unpaired) electrons. The average molecular weight is 300 g/mol. The van der Waals surface area contributed by atoms with Gasteiger partial charge in [-0.05, 0) is 22.4 Å². The number of hydrazone groups is 1. The van der Waals surface area contributed by atoms with Crippen LogP contribution in [0.15, 0.2) is 27.9 Å². The molecule has 1 aromatic carbocycles. The summed E-state index contributed by atoms with van der Waals surface area (Å²) < 4.78 is 4.40. The van der Waals surface area contributed by atoms with Gasteiger partial charge in [-0.15, -0.1) is 5.10 Å². The Kier molecular flexibility index (Phi) is 3.98. The van der Waals surface area contributed by atoms with Gasteiger partial charge in [0.1, 0.15) is 0 Å². The molecule has 0 spiro atoms. The molecule has 2 aromatic rings. The van der Waals surface area contributed by atoms with E-state index in [1.807, 2.05) is 0 Å². The van der Waals surface area contributed by atoms with Gasteiger partial charge in [0.25, 0.3) is 0 Å². The van der Waals surface area contributed by atoms with Crippen LogP contribution in [0.2, 0.25) is 10.0 Å². The number of halogens is 2. The lowest BCUT2D eigenvalue weighted by molar-refractivity contribution is -0.456. The lowest BCUT2D eigenvalue weighted by Crippen LogP contribution is -2.63. The molecular weight excluding hydrogens is 291 g/mol. The van der Waals surface area contributed by atoms with Crippen LogP contribution >= 0.6 is 23.2 Å². The number of aromatic nitrogens is 2. The second kappa shape index (κ2) is 5.68. The molecule has 0 aliphatic carbocycles. The Labute approximate surface area is 117 Å². The van der Waals surface area contributed by atoms with E-state index in [2.05, 4.69) is 25.1 Å². The molecule has 0 saturated carbocycles. The fourth-order valence-corrected chi connectivity index (χ4v) is 1.75. The Hall–Kier alpha value is -2.12. The van der Waals surface area contributed by atoms with Crippen molar-refractivity contribution in [2.45, 2.75) is 0 Å². The normalized spacial score (nSPS) is 12.2. The predicted octanol–water partition coefficient (Wildman–Crippen LogP) is -0.221. The van der Waals surface area contributed by atoms with Crippen molar-refractivity contribution in [3.8, 4) is 0 Å². The minimum Gasteiger partial charge on any atom is -0.379 e. The Morgan fingerprint density at radius 2 is 2.00 bits per heavy atom. The van der Waals surface area contributed by atoms with E-state index in [1.54, 1.807) is 18.2 Å². The first-order chi connectivity index (χ1) is 9.09. The average Bonchev–Trinajstić information content (AvgIpc) is 2.79. The van der Waals surface area contributed by atoms with E-state index < -0.39 is 0 Å². The standard InChI is InChI=1S/C10H8Cl2N6O/c11-6-2-1-3-7(12)5(6)4-15-16-9(13)8-10(14)18-19-17-8/h1-4H,(H2,13,16)(H2,14,18)/p+1/b15-4+. The van der Waals surface area contributed by atoms with Crippen molar-refractivity contribution in [3.05, 3.63) is 39.5 Å². The zero-order chi connectivity index (χ0) is 13.8. The van der Waals surface area contributed by atoms with E-state index in [0.29, 0.717) is 15.6 Å². The molecule has 0 amide bonds. The second-order valence-corrected chi connectivity index (χ2v) is 4.22. The molecule has 1 heterocycles. The van der Waals surface area contributed by atoms with Crippen molar-refractivity contribution >= 4 is 41.1 Å². The van der Waals surface area contributed by atoms with Crippen LogP contribution in [0, 0.1) is 0 Å². The van der Waals surface area contributed by atoms with Crippen molar-refractivity contribution in [1.82, 2.24) is 10.3 Å². The first-order valence-corrected chi connectivity index (χ1v) is 5.79. The molecule has 0 aliphatic heterocycles. The van der Waals surface area contributed by atoms with E-state index >= 15 is 0 Å². The third kappa shape index (κ3) is 3.01. The maximum atomic E-state index is 5.98. The highest BCUT2D eigenvalue weighted by atomic mass is 35.5. The van der Waals surface area contributed by atoms with Crippen molar-refractivity contribution in [2.75, 3.05) is 5.73 Å². The van der Waals surface area contributed by atoms with Crippen LogP contribution < -0.4 is 16.6 Å². The van der Waals surface area contributed by atoms with Crippen LogP contribution in [0.4, 0.5) is 5.82 Å². The third-order valence-corrected chi connectivity index (χ3v) is 2.81. The summed E-state index contributed by atoms with van der Waals surface area (Å²) in [5.41, 5.74) is 11.9. The van der Waals surface area contributed by atoms with Gasteiger partial charge < -0.3 is 11.5 Å². The van der Waals surface area contributed by atoms with Gasteiger partial charge in [0.15, 0.2) is 11.5 Å². The van der Waals surface area contributed by atoms with Crippen LogP contribution in [0.25, 0.3) is 0 Å². The van der Waals surface area contributed by atoms with Crippen molar-refractivity contribution < 1.29 is 9.73 Å². The van der Waals surface area contributed by atoms with Crippen LogP contribution in [-0.2, 0) is 0 Å². The zero-order valence-electron chi connectivity index (χ0n) is 9.47. The maximum absolute atomic E-state index is 5.98. The predicted molar refractivity (Wildman–Crippen MR) is 72.0 cm³/mol. The Bertz CT molecular complexity index is 631. The Morgan fingerprint density at radius 3 is 2.58 bits per heavy atom. The first-order valence-electron chi connectivity index (χ1n) is 5.04. The number of hydrogen-bond acceptors (Lipinski definition) is 5. The minimum absolute atomic E-state index is 0.0261. The fraction of sp³-hybridized carbons (Fsp3) is 0. The SMILES string of the molecule is NC(=N/[NH+]=C/c1c(Cl)cccc1Cl)c1nonc1N. The highest BCUT2D eigenvalue weighted by molar-refractivity contribution is 6.38. The summed E-state index contributed by atoms with van der Waals surface area (Å²) in [5.74, 6) is 0.0806. The number of nitrogens with two attached hydrogens (primary N) is 2. The summed E-state index contributed by atoms with van der Waals surface area (Å²) in [7, 11) is 0. The van der Waals surface area contributed by atoms with Gasteiger partial charge >= 0.3 is 0 Å². The first kappa shape index (κ1) is 13.3. The number of benzene rings is 1. The van der Waals surface area contributed by atoms with E-state index in [4.69, 9.17) is 34.7 Å². The summed E-state index contributed by atoms with van der Waals surface area (Å²) in [6.45, 7) is 0. The molecular formula is C10H9Cl2N6O+. The summed E-state index contributed by atoms with van der Waals surface area (Å²) in [5, 5.41) is 14.3. The summed E-state index contributed by atoms with van der Waals surface area (Å²) in [4.78, 5) is 0. The Balaban J connectivity index is 2.23. The molecule has 0 bridgehead atoms. The van der Waals surface area contributed by atoms with Gasteiger partial charge in [-0.1, -0.05) is 29.3 Å². The number of rotatable bonds is 3. The van der Waals surface area contributed by atoms with E-state index in [-0.39, 0.29) is 17.3 Å². The topological polar surface area (TPSA) is 117 Å². The van der Waals surface area contributed by atoms with Gasteiger partial charge in [0, 0.05) is 5.10 Å². The minimum atomic E-state index is 0.0261. The van der Waals surface area contributed by atoms with Crippen LogP contribution in [0.1, 0.15) is 11.3 Å². The van der Waals surface area contributed by atoms with E-state index in [0.717, 1.165) is 0 Å². The fourth-order valence-electron chi connectivity index (χ4n) is 1.24. The smallest absolute Gasteiger partial charge is 0.224 e. The molecule has 7 nitrogen and oxygen atoms in total. The van der Waals surface area contributed by atoms with Crippen LogP contribution in [0.5, 0.6) is 0 Å². The Morgan fingerprint density at radius 1 is 1.32 bits per heavy atom. The van der Waals surface area contributed by atoms with Gasteiger partial charge in [-0.2, -0.15) is 0 Å². The zero-order valence-corrected chi connectivity index (χ0v) is 11.0. The summed E-state index contributed by atoms with van der Waals surface area (Å²) >= 11 is 12.0. The van der Waals surface area contributed by atoms with Crippen molar-refractivity contribution in [3.63, 3.8) is 0 Å². The number of nitrogens with zero attached hydrogens (tertiary/aromatic N) is 3. The molecule has 5 N–H and O–H groups in total. The largest absolute Gasteiger partial charge is 0.379 e. The van der Waals surface area contributed by atoms with Gasteiger partial charge in [0.05, 0.1) is 15.6 Å². The molecule has 1 aromatic heterocycles. The second-order valence-electron chi connectivity index (χ2n) is 3.40. The highest BCUT2D eigenvalue weighted by Crippen LogP contribution is 2.21. The van der Waals surface area contributed by atoms with Gasteiger partial charge in [0.2, 0.25) is 12.1 Å². The third-order valence-electron chi connectivity index (χ3n) is 2.15. The summed E-state index contributed by atoms with van der Waals surface area (Å²) in [6, 6.07) is 5.14. The summed E-state index contributed by atoms with van der Waals surface area (Å²) in [6.07, 6.45) is 1.50. The van der Waals surface area contributed by atoms with Crippen LogP contribution in [-0.4, -0.2) is 22.4 Å². The van der Waals surface area contributed by atoms with Crippen LogP contribution in [0.3, 0.4) is 0 Å². The number of nitrogens with one attached hydrogen (secondary N) is 1. The number of amidine groups is 1.